The van der Waals surface area contributed by atoms with Crippen molar-refractivity contribution in [2.75, 3.05) is 0 Å². The van der Waals surface area contributed by atoms with Gasteiger partial charge in [-0.2, -0.15) is 21.6 Å². The van der Waals surface area contributed by atoms with E-state index < -0.39 is 23.5 Å². The Bertz CT molecular complexity index is 1240. The first kappa shape index (κ1) is 35.4. The van der Waals surface area contributed by atoms with Crippen molar-refractivity contribution in [3.8, 4) is 17.2 Å². The third kappa shape index (κ3) is 12.2. The molecule has 0 saturated heterocycles. The topological polar surface area (TPSA) is 82.1 Å². The first-order chi connectivity index (χ1) is 18.9. The normalized spacial score (nSPS) is 12.8. The van der Waals surface area contributed by atoms with Crippen molar-refractivity contribution in [1.29, 1.82) is 0 Å². The van der Waals surface area contributed by atoms with Crippen molar-refractivity contribution in [3.05, 3.63) is 72.8 Å². The molecule has 0 bridgehead atoms. The van der Waals surface area contributed by atoms with Crippen LogP contribution in [0.5, 0.6) is 17.2 Å². The summed E-state index contributed by atoms with van der Waals surface area (Å²) in [4.78, 5) is 0. The predicted octanol–water partition coefficient (Wildman–Crippen LogP) is 7.37. The number of rotatable bonds is 6. The fraction of sp³-hybridized carbons (Fsp3) is 0.419. The van der Waals surface area contributed by atoms with Gasteiger partial charge in [0.15, 0.2) is 0 Å². The van der Waals surface area contributed by atoms with Crippen LogP contribution in [0.4, 0.5) is 13.2 Å². The highest BCUT2D eigenvalue weighted by Crippen LogP contribution is 2.35. The summed E-state index contributed by atoms with van der Waals surface area (Å²) in [7, 11) is -6.59. The van der Waals surface area contributed by atoms with Crippen LogP contribution in [0.15, 0.2) is 72.8 Å². The van der Waals surface area contributed by atoms with Crippen LogP contribution in [-0.2, 0) is 10.1 Å². The Hall–Kier alpha value is -2.81. The highest BCUT2D eigenvalue weighted by Gasteiger charge is 2.44. The average molecular weight is 629 g/mol. The van der Waals surface area contributed by atoms with Gasteiger partial charge in [-0.3, -0.25) is 4.55 Å². The molecule has 232 valence electrons. The lowest BCUT2D eigenvalue weighted by molar-refractivity contribution is -0.0510. The van der Waals surface area contributed by atoms with Crippen LogP contribution >= 0.6 is 7.92 Å². The number of benzene rings is 3. The Kier molecular flexibility index (Phi) is 11.1. The van der Waals surface area contributed by atoms with E-state index in [1.54, 1.807) is 0 Å². The number of ether oxygens (including phenoxy) is 3. The number of hydrogen-bond donors (Lipinski definition) is 1. The third-order valence-electron chi connectivity index (χ3n) is 4.85. The van der Waals surface area contributed by atoms with Gasteiger partial charge >= 0.3 is 15.6 Å². The molecule has 0 heterocycles. The van der Waals surface area contributed by atoms with Crippen LogP contribution in [0.2, 0.25) is 0 Å². The summed E-state index contributed by atoms with van der Waals surface area (Å²) in [6, 6.07) is 25.6. The van der Waals surface area contributed by atoms with E-state index in [2.05, 4.69) is 135 Å². The van der Waals surface area contributed by atoms with E-state index in [0.29, 0.717) is 0 Å². The van der Waals surface area contributed by atoms with Gasteiger partial charge in [0.25, 0.3) is 0 Å². The lowest BCUT2D eigenvalue weighted by atomic mass is 10.2. The summed E-state index contributed by atoms with van der Waals surface area (Å²) >= 11 is 0. The molecule has 0 amide bonds. The molecule has 11 heteroatoms. The van der Waals surface area contributed by atoms with Gasteiger partial charge in [0.2, 0.25) is 0 Å². The Morgan fingerprint density at radius 3 is 0.857 bits per heavy atom. The van der Waals surface area contributed by atoms with E-state index in [-0.39, 0.29) is 16.8 Å². The van der Waals surface area contributed by atoms with Crippen molar-refractivity contribution in [2.24, 2.45) is 0 Å². The average Bonchev–Trinajstić information content (AvgIpc) is 2.79. The Labute approximate surface area is 248 Å². The number of halogens is 3. The molecule has 3 aromatic rings. The predicted molar refractivity (Wildman–Crippen MR) is 164 cm³/mol. The van der Waals surface area contributed by atoms with Gasteiger partial charge in [-0.15, -0.1) is 0 Å². The smallest absolute Gasteiger partial charge is 0.488 e. The van der Waals surface area contributed by atoms with Crippen LogP contribution in [0.3, 0.4) is 0 Å². The van der Waals surface area contributed by atoms with E-state index in [1.165, 1.54) is 15.9 Å². The molecule has 1 N–H and O–H groups in total. The molecule has 42 heavy (non-hydrogen) atoms. The van der Waals surface area contributed by atoms with Crippen LogP contribution in [0.25, 0.3) is 0 Å². The Balaban J connectivity index is 0.000000675. The van der Waals surface area contributed by atoms with Crippen LogP contribution in [0, 0.1) is 0 Å². The number of hydrogen-bond acceptors (Lipinski definition) is 5. The summed E-state index contributed by atoms with van der Waals surface area (Å²) in [6.07, 6.45) is 0. The van der Waals surface area contributed by atoms with Crippen LogP contribution in [-0.4, -0.2) is 35.3 Å². The van der Waals surface area contributed by atoms with Gasteiger partial charge in [-0.1, -0.05) is 36.4 Å². The lowest BCUT2D eigenvalue weighted by Crippen LogP contribution is -2.25. The molecule has 0 fully saturated rings. The standard InChI is InChI=1S/C30H39O3P.CHF3O3S/c1-28(2,3)31-22-10-16-25(17-11-22)34(26-18-12-23(13-19-26)32-29(4,5)6)27-20-14-24(15-21-27)33-30(7,8)9;2-1(3,4)8(5,6)7/h10-21H,1-9H3;(H,5,6,7). The molecule has 0 spiro atoms. The second-order valence-electron chi connectivity index (χ2n) is 12.4. The molecule has 0 unspecified atom stereocenters. The minimum atomic E-state index is -5.84. The fourth-order valence-electron chi connectivity index (χ4n) is 3.50. The first-order valence-corrected chi connectivity index (χ1v) is 15.9. The first-order valence-electron chi connectivity index (χ1n) is 13.1. The zero-order valence-electron chi connectivity index (χ0n) is 25.4. The van der Waals surface area contributed by atoms with Gasteiger partial charge in [-0.05, 0) is 123 Å². The summed E-state index contributed by atoms with van der Waals surface area (Å²) in [5.74, 6) is 2.65. The van der Waals surface area contributed by atoms with Crippen molar-refractivity contribution in [1.82, 2.24) is 0 Å². The molecule has 0 saturated carbocycles. The Morgan fingerprint density at radius 1 is 0.524 bits per heavy atom. The molecule has 0 aromatic heterocycles. The maximum atomic E-state index is 10.7. The van der Waals surface area contributed by atoms with Crippen molar-refractivity contribution in [2.45, 2.75) is 84.6 Å². The second kappa shape index (κ2) is 13.2. The van der Waals surface area contributed by atoms with Gasteiger partial charge in [0.1, 0.15) is 34.1 Å². The third-order valence-corrected chi connectivity index (χ3v) is 7.88. The molecule has 0 atom stereocenters. The van der Waals surface area contributed by atoms with Gasteiger partial charge in [0, 0.05) is 0 Å². The van der Waals surface area contributed by atoms with E-state index in [4.69, 9.17) is 27.2 Å². The van der Waals surface area contributed by atoms with E-state index in [1.807, 2.05) is 0 Å². The van der Waals surface area contributed by atoms with Crippen molar-refractivity contribution < 1.29 is 40.4 Å². The highest BCUT2D eigenvalue weighted by atomic mass is 32.2. The molecule has 0 radical (unpaired) electrons. The quantitative estimate of drug-likeness (QED) is 0.174. The molecule has 3 rings (SSSR count). The van der Waals surface area contributed by atoms with Gasteiger partial charge in [-0.25, -0.2) is 0 Å². The summed E-state index contributed by atoms with van der Waals surface area (Å²) < 4.78 is 75.7. The molecular weight excluding hydrogens is 588 g/mol. The molecule has 0 aliphatic heterocycles. The maximum absolute atomic E-state index is 10.7. The molecule has 6 nitrogen and oxygen atoms in total. The lowest BCUT2D eigenvalue weighted by Gasteiger charge is -2.25. The van der Waals surface area contributed by atoms with Gasteiger partial charge < -0.3 is 14.2 Å². The van der Waals surface area contributed by atoms with E-state index >= 15 is 0 Å². The van der Waals surface area contributed by atoms with Crippen molar-refractivity contribution in [3.63, 3.8) is 0 Å². The van der Waals surface area contributed by atoms with Gasteiger partial charge in [0.05, 0.1) is 0 Å². The minimum absolute atomic E-state index is 0.224. The summed E-state index contributed by atoms with van der Waals surface area (Å²) in [5, 5.41) is 3.81. The summed E-state index contributed by atoms with van der Waals surface area (Å²) in [6.45, 7) is 18.6. The monoisotopic (exact) mass is 628 g/mol. The maximum Gasteiger partial charge on any atom is 0.522 e. The largest absolute Gasteiger partial charge is 0.522 e. The molecule has 3 aromatic carbocycles. The zero-order valence-corrected chi connectivity index (χ0v) is 27.1. The van der Waals surface area contributed by atoms with Crippen LogP contribution < -0.4 is 30.1 Å². The molecule has 0 aliphatic carbocycles. The van der Waals surface area contributed by atoms with E-state index in [0.717, 1.165) is 17.2 Å². The molecule has 0 aliphatic rings. The fourth-order valence-corrected chi connectivity index (χ4v) is 5.73. The number of alkyl halides is 3. The summed E-state index contributed by atoms with van der Waals surface area (Å²) in [5.41, 5.74) is -6.21. The van der Waals surface area contributed by atoms with Crippen LogP contribution in [0.1, 0.15) is 62.3 Å². The van der Waals surface area contributed by atoms with E-state index in [9.17, 15) is 13.2 Å². The zero-order chi connectivity index (χ0) is 32.1. The highest BCUT2D eigenvalue weighted by molar-refractivity contribution is 7.86. The minimum Gasteiger partial charge on any atom is -0.488 e. The second-order valence-corrected chi connectivity index (χ2v) is 16.0. The SMILES string of the molecule is CC(C)(C)Oc1ccc(P(c2ccc(OC(C)(C)C)cc2)c2ccc(OC(C)(C)C)cc2)cc1.O=S(=O)(O)C(F)(F)F. The Morgan fingerprint density at radius 2 is 0.714 bits per heavy atom. The molecular formula is C31H40F3O6PS. The van der Waals surface area contributed by atoms with Crippen molar-refractivity contribution >= 4 is 34.0 Å².